The number of aliphatic hydroxyl groups excluding tert-OH is 2. The molecule has 0 saturated heterocycles. The molecule has 0 aromatic carbocycles. The van der Waals surface area contributed by atoms with Gasteiger partial charge >= 0.3 is 5.69 Å². The molecule has 0 fully saturated rings. The normalized spacial score (nSPS) is 13.8. The van der Waals surface area contributed by atoms with Crippen LogP contribution >= 0.6 is 0 Å². The van der Waals surface area contributed by atoms with Crippen LogP contribution in [-0.2, 0) is 18.3 Å². The van der Waals surface area contributed by atoms with Crippen molar-refractivity contribution < 1.29 is 14.9 Å². The van der Waals surface area contributed by atoms with Gasteiger partial charge in [-0.25, -0.2) is 4.79 Å². The number of nitrogens with zero attached hydrogens (tertiary/aromatic N) is 3. The number of aromatic nitrogens is 4. The Kier molecular flexibility index (Phi) is 6.12. The van der Waals surface area contributed by atoms with Gasteiger partial charge in [-0.15, -0.1) is 6.58 Å². The second kappa shape index (κ2) is 8.10. The van der Waals surface area contributed by atoms with Crippen LogP contribution < -0.4 is 16.6 Å². The first-order valence-corrected chi connectivity index (χ1v) is 7.83. The number of aromatic amines is 1. The molecule has 10 nitrogen and oxygen atoms in total. The van der Waals surface area contributed by atoms with E-state index in [4.69, 9.17) is 4.74 Å². The van der Waals surface area contributed by atoms with E-state index in [1.165, 1.54) is 16.2 Å². The first-order chi connectivity index (χ1) is 11.8. The number of aryl methyl sites for hydroxylation is 1. The van der Waals surface area contributed by atoms with Crippen molar-refractivity contribution in [3.63, 3.8) is 0 Å². The second-order valence-electron chi connectivity index (χ2n) is 5.75. The van der Waals surface area contributed by atoms with Gasteiger partial charge in [-0.05, 0) is 6.92 Å². The van der Waals surface area contributed by atoms with Crippen molar-refractivity contribution >= 4 is 17.1 Å². The minimum absolute atomic E-state index is 0.0249. The summed E-state index contributed by atoms with van der Waals surface area (Å²) in [7, 11) is 1.49. The quantitative estimate of drug-likeness (QED) is 0.328. The molecule has 0 amide bonds. The van der Waals surface area contributed by atoms with Gasteiger partial charge in [0.05, 0.1) is 32.0 Å². The molecule has 0 radical (unpaired) electrons. The molecule has 2 aromatic rings. The van der Waals surface area contributed by atoms with E-state index in [9.17, 15) is 19.8 Å². The molecule has 2 aromatic heterocycles. The van der Waals surface area contributed by atoms with Gasteiger partial charge in [-0.3, -0.25) is 14.3 Å². The lowest BCUT2D eigenvalue weighted by molar-refractivity contribution is 0.0405. The summed E-state index contributed by atoms with van der Waals surface area (Å²) in [6, 6.07) is 0. The minimum Gasteiger partial charge on any atom is -0.392 e. The Balaban J connectivity index is 2.44. The zero-order chi connectivity index (χ0) is 18.6. The van der Waals surface area contributed by atoms with Crippen LogP contribution in [0.4, 0.5) is 5.95 Å². The van der Waals surface area contributed by atoms with Gasteiger partial charge in [0.15, 0.2) is 11.2 Å². The Labute approximate surface area is 143 Å². The summed E-state index contributed by atoms with van der Waals surface area (Å²) in [5.41, 5.74) is -0.854. The highest BCUT2D eigenvalue weighted by Gasteiger charge is 2.19. The van der Waals surface area contributed by atoms with Gasteiger partial charge in [0.2, 0.25) is 5.95 Å². The molecule has 10 heteroatoms. The average Bonchev–Trinajstić information content (AvgIpc) is 2.90. The number of hydrogen-bond donors (Lipinski definition) is 4. The molecule has 138 valence electrons. The molecule has 2 atom stereocenters. The highest BCUT2D eigenvalue weighted by Crippen LogP contribution is 2.16. The standard InChI is InChI=1S/C15H23N5O5/c1-4-5-25-8-10(22)7-20-11-12(17-14(20)16-6-9(2)21)19(3)15(24)18-13(11)23/h4,9-10,21-22H,1,5-8H2,2-3H3,(H,16,17)(H,18,23,24)/t9-,10-/m0/s1. The molecule has 0 aliphatic rings. The van der Waals surface area contributed by atoms with E-state index in [0.717, 1.165) is 0 Å². The summed E-state index contributed by atoms with van der Waals surface area (Å²) in [4.78, 5) is 30.5. The molecule has 0 saturated carbocycles. The predicted octanol–water partition coefficient (Wildman–Crippen LogP) is -1.22. The van der Waals surface area contributed by atoms with Crippen molar-refractivity contribution in [2.24, 2.45) is 7.05 Å². The molecular formula is C15H23N5O5. The van der Waals surface area contributed by atoms with Crippen LogP contribution in [0.5, 0.6) is 0 Å². The Bertz CT molecular complexity index is 850. The number of imidazole rings is 1. The largest absolute Gasteiger partial charge is 0.392 e. The van der Waals surface area contributed by atoms with Gasteiger partial charge < -0.3 is 24.8 Å². The van der Waals surface area contributed by atoms with E-state index in [-0.39, 0.29) is 36.8 Å². The summed E-state index contributed by atoms with van der Waals surface area (Å²) in [6.45, 7) is 5.68. The van der Waals surface area contributed by atoms with E-state index < -0.39 is 23.5 Å². The minimum atomic E-state index is -0.902. The molecule has 0 aliphatic carbocycles. The van der Waals surface area contributed by atoms with Crippen LogP contribution in [0.2, 0.25) is 0 Å². The topological polar surface area (TPSA) is 134 Å². The maximum absolute atomic E-state index is 12.2. The van der Waals surface area contributed by atoms with Gasteiger partial charge in [-0.2, -0.15) is 4.98 Å². The molecule has 4 N–H and O–H groups in total. The first kappa shape index (κ1) is 18.9. The van der Waals surface area contributed by atoms with Gasteiger partial charge in [0, 0.05) is 13.6 Å². The second-order valence-corrected chi connectivity index (χ2v) is 5.75. The third kappa shape index (κ3) is 4.35. The number of H-pyrrole nitrogens is 1. The number of aliphatic hydroxyl groups is 2. The maximum atomic E-state index is 12.2. The van der Waals surface area contributed by atoms with Crippen molar-refractivity contribution in [1.82, 2.24) is 19.1 Å². The SMILES string of the molecule is C=CCOC[C@@H](O)Cn1c(NC[C@H](C)O)nc2c1c(=O)[nH]c(=O)n2C. The Morgan fingerprint density at radius 1 is 1.44 bits per heavy atom. The summed E-state index contributed by atoms with van der Waals surface area (Å²) >= 11 is 0. The van der Waals surface area contributed by atoms with Crippen LogP contribution in [0.1, 0.15) is 6.92 Å². The van der Waals surface area contributed by atoms with Gasteiger partial charge in [0.25, 0.3) is 5.56 Å². The number of hydrogen-bond acceptors (Lipinski definition) is 7. The maximum Gasteiger partial charge on any atom is 0.329 e. The molecule has 0 bridgehead atoms. The molecule has 0 spiro atoms. The zero-order valence-corrected chi connectivity index (χ0v) is 14.2. The van der Waals surface area contributed by atoms with Crippen LogP contribution in [0, 0.1) is 0 Å². The summed E-state index contributed by atoms with van der Waals surface area (Å²) in [5, 5.41) is 22.5. The lowest BCUT2D eigenvalue weighted by Gasteiger charge is -2.15. The number of rotatable bonds is 9. The molecule has 2 heterocycles. The van der Waals surface area contributed by atoms with Crippen molar-refractivity contribution in [3.8, 4) is 0 Å². The highest BCUT2D eigenvalue weighted by atomic mass is 16.5. The lowest BCUT2D eigenvalue weighted by Crippen LogP contribution is -2.30. The Morgan fingerprint density at radius 2 is 2.16 bits per heavy atom. The zero-order valence-electron chi connectivity index (χ0n) is 14.2. The van der Waals surface area contributed by atoms with Crippen molar-refractivity contribution in [2.75, 3.05) is 25.1 Å². The van der Waals surface area contributed by atoms with E-state index in [1.54, 1.807) is 13.0 Å². The number of nitrogens with one attached hydrogen (secondary N) is 2. The molecule has 0 aliphatic heterocycles. The summed E-state index contributed by atoms with van der Waals surface area (Å²) in [6.07, 6.45) is 0.0208. The molecule has 0 unspecified atom stereocenters. The fourth-order valence-electron chi connectivity index (χ4n) is 2.34. The summed E-state index contributed by atoms with van der Waals surface area (Å²) < 4.78 is 7.89. The smallest absolute Gasteiger partial charge is 0.329 e. The average molecular weight is 353 g/mol. The van der Waals surface area contributed by atoms with E-state index in [2.05, 4.69) is 21.9 Å². The number of ether oxygens (including phenoxy) is 1. The number of anilines is 1. The van der Waals surface area contributed by atoms with E-state index >= 15 is 0 Å². The summed E-state index contributed by atoms with van der Waals surface area (Å²) in [5.74, 6) is 0.269. The fraction of sp³-hybridized carbons (Fsp3) is 0.533. The number of fused-ring (bicyclic) bond motifs is 1. The van der Waals surface area contributed by atoms with Gasteiger partial charge in [0.1, 0.15) is 0 Å². The molecule has 2 rings (SSSR count). The van der Waals surface area contributed by atoms with Crippen molar-refractivity contribution in [3.05, 3.63) is 33.5 Å². The molecular weight excluding hydrogens is 330 g/mol. The highest BCUT2D eigenvalue weighted by molar-refractivity contribution is 5.74. The third-order valence-electron chi connectivity index (χ3n) is 3.50. The monoisotopic (exact) mass is 353 g/mol. The van der Waals surface area contributed by atoms with Crippen molar-refractivity contribution in [2.45, 2.75) is 25.7 Å². The van der Waals surface area contributed by atoms with Crippen LogP contribution in [0.25, 0.3) is 11.2 Å². The van der Waals surface area contributed by atoms with Crippen LogP contribution in [-0.4, -0.2) is 61.3 Å². The van der Waals surface area contributed by atoms with Crippen LogP contribution in [0.3, 0.4) is 0 Å². The van der Waals surface area contributed by atoms with Crippen molar-refractivity contribution in [1.29, 1.82) is 0 Å². The van der Waals surface area contributed by atoms with E-state index in [0.29, 0.717) is 6.61 Å². The van der Waals surface area contributed by atoms with Gasteiger partial charge in [-0.1, -0.05) is 6.08 Å². The van der Waals surface area contributed by atoms with E-state index in [1.807, 2.05) is 0 Å². The Morgan fingerprint density at radius 3 is 2.80 bits per heavy atom. The van der Waals surface area contributed by atoms with Crippen LogP contribution in [0.15, 0.2) is 22.2 Å². The lowest BCUT2D eigenvalue weighted by atomic mass is 10.3. The Hall–Kier alpha value is -2.43. The third-order valence-corrected chi connectivity index (χ3v) is 3.50. The predicted molar refractivity (Wildman–Crippen MR) is 92.8 cm³/mol. The fourth-order valence-corrected chi connectivity index (χ4v) is 2.34. The molecule has 25 heavy (non-hydrogen) atoms. The first-order valence-electron chi connectivity index (χ1n) is 7.83.